The molecule has 4 aromatic rings. The van der Waals surface area contributed by atoms with Crippen LogP contribution >= 0.6 is 0 Å². The molecule has 32 heavy (non-hydrogen) atoms. The molecule has 1 N–H and O–H groups in total. The highest BCUT2D eigenvalue weighted by Gasteiger charge is 2.15. The van der Waals surface area contributed by atoms with E-state index >= 15 is 0 Å². The van der Waals surface area contributed by atoms with Crippen LogP contribution < -0.4 is 5.32 Å². The van der Waals surface area contributed by atoms with Gasteiger partial charge in [0, 0.05) is 18.8 Å². The first-order valence-corrected chi connectivity index (χ1v) is 10.5. The molecular weight excluding hydrogens is 403 g/mol. The quantitative estimate of drug-likeness (QED) is 0.364. The highest BCUT2D eigenvalue weighted by atomic mass is 19.1. The predicted molar refractivity (Wildman–Crippen MR) is 124 cm³/mol. The lowest BCUT2D eigenvalue weighted by atomic mass is 10.1. The summed E-state index contributed by atoms with van der Waals surface area (Å²) in [6.07, 6.45) is 0. The summed E-state index contributed by atoms with van der Waals surface area (Å²) in [5.41, 5.74) is 4.17. The average Bonchev–Trinajstić information content (AvgIpc) is 3.26. The highest BCUT2D eigenvalue weighted by molar-refractivity contribution is 6.02. The third-order valence-corrected chi connectivity index (χ3v) is 5.14. The van der Waals surface area contributed by atoms with Crippen LogP contribution in [0.3, 0.4) is 0 Å². The van der Waals surface area contributed by atoms with Crippen molar-refractivity contribution in [1.82, 2.24) is 4.90 Å². The van der Waals surface area contributed by atoms with Crippen molar-refractivity contribution in [1.29, 1.82) is 0 Å². The Bertz CT molecular complexity index is 1150. The number of nitrogens with one attached hydrogen (secondary N) is 1. The van der Waals surface area contributed by atoms with Gasteiger partial charge in [-0.15, -0.1) is 0 Å². The Labute approximate surface area is 187 Å². The van der Waals surface area contributed by atoms with Crippen LogP contribution in [0.15, 0.2) is 95.4 Å². The number of hydrogen-bond donors (Lipinski definition) is 1. The number of nitrogens with zero attached hydrogens (tertiary/aromatic N) is 1. The summed E-state index contributed by atoms with van der Waals surface area (Å²) in [5, 5.41) is 2.72. The minimum atomic E-state index is -0.365. The number of carbonyl (C=O) groups is 1. The molecule has 0 saturated heterocycles. The lowest BCUT2D eigenvalue weighted by Gasteiger charge is -2.21. The second-order valence-electron chi connectivity index (χ2n) is 7.84. The minimum absolute atomic E-state index is 0.222. The van der Waals surface area contributed by atoms with Gasteiger partial charge in [-0.1, -0.05) is 60.2 Å². The zero-order valence-electron chi connectivity index (χ0n) is 17.9. The molecule has 0 saturated carbocycles. The first kappa shape index (κ1) is 21.5. The second-order valence-corrected chi connectivity index (χ2v) is 7.84. The lowest BCUT2D eigenvalue weighted by molar-refractivity contribution is 0.0992. The van der Waals surface area contributed by atoms with Gasteiger partial charge in [-0.2, -0.15) is 0 Å². The van der Waals surface area contributed by atoms with E-state index in [-0.39, 0.29) is 17.5 Å². The number of benzene rings is 3. The molecule has 0 aliphatic carbocycles. The molecule has 0 aliphatic rings. The molecular formula is C27H25FN2O2. The molecule has 4 nitrogen and oxygen atoms in total. The van der Waals surface area contributed by atoms with Gasteiger partial charge in [0.1, 0.15) is 11.6 Å². The van der Waals surface area contributed by atoms with Crippen LogP contribution in [-0.4, -0.2) is 10.8 Å². The van der Waals surface area contributed by atoms with Crippen LogP contribution in [0, 0.1) is 12.7 Å². The van der Waals surface area contributed by atoms with E-state index in [1.54, 1.807) is 6.07 Å². The van der Waals surface area contributed by atoms with Gasteiger partial charge >= 0.3 is 0 Å². The van der Waals surface area contributed by atoms with Crippen molar-refractivity contribution in [3.63, 3.8) is 0 Å². The molecule has 0 aliphatic heterocycles. The third kappa shape index (κ3) is 5.93. The van der Waals surface area contributed by atoms with Crippen molar-refractivity contribution in [3.8, 4) is 0 Å². The van der Waals surface area contributed by atoms with Crippen LogP contribution in [0.1, 0.15) is 33.0 Å². The van der Waals surface area contributed by atoms with Crippen molar-refractivity contribution < 1.29 is 13.6 Å². The molecule has 162 valence electrons. The van der Waals surface area contributed by atoms with Gasteiger partial charge in [0.05, 0.1) is 6.54 Å². The van der Waals surface area contributed by atoms with Crippen molar-refractivity contribution in [3.05, 3.63) is 125 Å². The van der Waals surface area contributed by atoms with Crippen LogP contribution in [0.2, 0.25) is 0 Å². The minimum Gasteiger partial charge on any atom is -0.455 e. The Kier molecular flexibility index (Phi) is 6.78. The molecule has 1 aromatic heterocycles. The normalized spacial score (nSPS) is 11.0. The van der Waals surface area contributed by atoms with Crippen LogP contribution in [0.5, 0.6) is 0 Å². The number of amides is 1. The van der Waals surface area contributed by atoms with E-state index in [0.717, 1.165) is 13.1 Å². The first-order chi connectivity index (χ1) is 15.5. The molecule has 1 amide bonds. The molecule has 0 unspecified atom stereocenters. The third-order valence-electron chi connectivity index (χ3n) is 5.14. The molecule has 0 fully saturated rings. The van der Waals surface area contributed by atoms with Crippen molar-refractivity contribution in [2.45, 2.75) is 26.6 Å². The van der Waals surface area contributed by atoms with E-state index < -0.39 is 0 Å². The SMILES string of the molecule is Cc1ccc(CN(Cc2ccccc2)Cc2ccc(C(=O)Nc3ccc(F)cc3)o2)cc1. The molecule has 1 heterocycles. The second kappa shape index (κ2) is 10.1. The maximum atomic E-state index is 13.1. The van der Waals surface area contributed by atoms with Gasteiger partial charge in [-0.05, 0) is 54.4 Å². The summed E-state index contributed by atoms with van der Waals surface area (Å²) in [6, 6.07) is 27.9. The number of furan rings is 1. The Morgan fingerprint density at radius 3 is 2.16 bits per heavy atom. The molecule has 0 radical (unpaired) electrons. The molecule has 0 atom stereocenters. The summed E-state index contributed by atoms with van der Waals surface area (Å²) in [4.78, 5) is 14.8. The summed E-state index contributed by atoms with van der Waals surface area (Å²) in [6.45, 7) is 4.15. The number of anilines is 1. The van der Waals surface area contributed by atoms with Crippen LogP contribution in [0.25, 0.3) is 0 Å². The fourth-order valence-corrected chi connectivity index (χ4v) is 3.49. The van der Waals surface area contributed by atoms with E-state index in [2.05, 4.69) is 53.5 Å². The standard InChI is InChI=1S/C27H25FN2O2/c1-20-7-9-22(10-8-20)18-30(17-21-5-3-2-4-6-21)19-25-15-16-26(32-25)27(31)29-24-13-11-23(28)12-14-24/h2-16H,17-19H2,1H3,(H,29,31). The van der Waals surface area contributed by atoms with Crippen LogP contribution in [-0.2, 0) is 19.6 Å². The van der Waals surface area contributed by atoms with E-state index in [0.29, 0.717) is 18.0 Å². The first-order valence-electron chi connectivity index (χ1n) is 10.5. The molecule has 3 aromatic carbocycles. The van der Waals surface area contributed by atoms with E-state index in [4.69, 9.17) is 4.42 Å². The van der Waals surface area contributed by atoms with Gasteiger partial charge in [0.15, 0.2) is 5.76 Å². The lowest BCUT2D eigenvalue weighted by Crippen LogP contribution is -2.22. The Hall–Kier alpha value is -3.70. The Balaban J connectivity index is 1.46. The monoisotopic (exact) mass is 428 g/mol. The average molecular weight is 429 g/mol. The van der Waals surface area contributed by atoms with E-state index in [1.165, 1.54) is 41.0 Å². The van der Waals surface area contributed by atoms with E-state index in [1.807, 2.05) is 24.3 Å². The fourth-order valence-electron chi connectivity index (χ4n) is 3.49. The Morgan fingerprint density at radius 2 is 1.47 bits per heavy atom. The van der Waals surface area contributed by atoms with Crippen molar-refractivity contribution >= 4 is 11.6 Å². The van der Waals surface area contributed by atoms with Crippen LogP contribution in [0.4, 0.5) is 10.1 Å². The smallest absolute Gasteiger partial charge is 0.291 e. The maximum Gasteiger partial charge on any atom is 0.291 e. The Morgan fingerprint density at radius 1 is 0.812 bits per heavy atom. The number of carbonyl (C=O) groups excluding carboxylic acids is 1. The summed E-state index contributed by atoms with van der Waals surface area (Å²) in [7, 11) is 0. The number of hydrogen-bond acceptors (Lipinski definition) is 3. The highest BCUT2D eigenvalue weighted by Crippen LogP contribution is 2.18. The molecule has 0 spiro atoms. The van der Waals surface area contributed by atoms with Gasteiger partial charge < -0.3 is 9.73 Å². The number of aryl methyl sites for hydroxylation is 1. The fraction of sp³-hybridized carbons (Fsp3) is 0.148. The summed E-state index contributed by atoms with van der Waals surface area (Å²) >= 11 is 0. The zero-order valence-corrected chi connectivity index (χ0v) is 17.9. The summed E-state index contributed by atoms with van der Waals surface area (Å²) < 4.78 is 18.9. The molecule has 5 heteroatoms. The van der Waals surface area contributed by atoms with Crippen molar-refractivity contribution in [2.24, 2.45) is 0 Å². The largest absolute Gasteiger partial charge is 0.455 e. The number of halogens is 1. The molecule has 4 rings (SSSR count). The maximum absolute atomic E-state index is 13.1. The van der Waals surface area contributed by atoms with Gasteiger partial charge in [-0.25, -0.2) is 4.39 Å². The van der Waals surface area contributed by atoms with E-state index in [9.17, 15) is 9.18 Å². The summed E-state index contributed by atoms with van der Waals surface area (Å²) in [5.74, 6) is 0.211. The zero-order chi connectivity index (χ0) is 22.3. The van der Waals surface area contributed by atoms with Crippen molar-refractivity contribution in [2.75, 3.05) is 5.32 Å². The molecule has 0 bridgehead atoms. The van der Waals surface area contributed by atoms with Gasteiger partial charge in [0.2, 0.25) is 0 Å². The number of rotatable bonds is 8. The topological polar surface area (TPSA) is 45.5 Å². The predicted octanol–water partition coefficient (Wildman–Crippen LogP) is 6.18. The van der Waals surface area contributed by atoms with Gasteiger partial charge in [-0.3, -0.25) is 9.69 Å². The van der Waals surface area contributed by atoms with Gasteiger partial charge in [0.25, 0.3) is 5.91 Å².